The number of carbonyl (C=O) groups is 3. The van der Waals surface area contributed by atoms with Crippen molar-refractivity contribution in [3.05, 3.63) is 111 Å². The van der Waals surface area contributed by atoms with E-state index < -0.39 is 29.6 Å². The Hall–Kier alpha value is -4.28. The number of nitrogens with one attached hydrogen (secondary N) is 2. The summed E-state index contributed by atoms with van der Waals surface area (Å²) in [5.41, 5.74) is 7.87. The normalized spacial score (nSPS) is 14.1. The summed E-state index contributed by atoms with van der Waals surface area (Å²) in [4.78, 5) is 42.6. The van der Waals surface area contributed by atoms with E-state index >= 15 is 0 Å². The molecule has 1 heterocycles. The number of anilines is 2. The van der Waals surface area contributed by atoms with Gasteiger partial charge in [0.15, 0.2) is 5.69 Å². The smallest absolute Gasteiger partial charge is 0.273 e. The van der Waals surface area contributed by atoms with E-state index in [-0.39, 0.29) is 28.8 Å². The highest BCUT2D eigenvalue weighted by Gasteiger charge is 2.36. The van der Waals surface area contributed by atoms with Crippen molar-refractivity contribution >= 4 is 52.2 Å². The number of amides is 3. The van der Waals surface area contributed by atoms with Crippen molar-refractivity contribution in [3.8, 4) is 0 Å². The summed E-state index contributed by atoms with van der Waals surface area (Å²) in [6, 6.07) is 19.9. The molecule has 5 rings (SSSR count). The van der Waals surface area contributed by atoms with Gasteiger partial charge in [-0.05, 0) is 71.9 Å². The Labute approximate surface area is 258 Å². The summed E-state index contributed by atoms with van der Waals surface area (Å²) in [7, 11) is 0. The standard InChI is InChI=1S/C32H31ClFN5O3S/c33-22-13-17-25(18-14-22)39(32(42)29-26(35)27(38-43-29)30(40)37-24-9-5-2-6-10-24)28(21-11-15-23(34)16-12-21)31(41)36-19-20-7-3-1-4-8-20/h1,3-4,7-8,11-18,24,28H,2,5-6,9-10,19,35H2,(H,36,41)(H,37,40). The van der Waals surface area contributed by atoms with Crippen molar-refractivity contribution in [3.63, 3.8) is 0 Å². The molecule has 1 aromatic heterocycles. The van der Waals surface area contributed by atoms with Gasteiger partial charge in [0.1, 0.15) is 16.7 Å². The first kappa shape index (κ1) is 30.2. The lowest BCUT2D eigenvalue weighted by molar-refractivity contribution is -0.122. The molecule has 0 saturated heterocycles. The van der Waals surface area contributed by atoms with Gasteiger partial charge in [0.25, 0.3) is 11.8 Å². The number of benzene rings is 3. The zero-order valence-corrected chi connectivity index (χ0v) is 24.8. The van der Waals surface area contributed by atoms with Crippen molar-refractivity contribution in [2.24, 2.45) is 0 Å². The third kappa shape index (κ3) is 7.21. The summed E-state index contributed by atoms with van der Waals surface area (Å²) in [6.45, 7) is 0.203. The minimum atomic E-state index is -1.22. The average Bonchev–Trinajstić information content (AvgIpc) is 3.42. The van der Waals surface area contributed by atoms with Crippen LogP contribution in [0.15, 0.2) is 78.9 Å². The maximum atomic E-state index is 14.3. The summed E-state index contributed by atoms with van der Waals surface area (Å²) >= 11 is 6.95. The number of halogens is 2. The molecule has 3 aromatic carbocycles. The van der Waals surface area contributed by atoms with Gasteiger partial charge < -0.3 is 16.4 Å². The SMILES string of the molecule is Nc1c(C(=O)NC2CCCCC2)nsc1C(=O)N(c1ccc(Cl)cc1)C(C(=O)NCc1ccccc1)c1ccc(F)cc1. The molecule has 11 heteroatoms. The van der Waals surface area contributed by atoms with Gasteiger partial charge in [-0.15, -0.1) is 0 Å². The van der Waals surface area contributed by atoms with Crippen LogP contribution in [0.2, 0.25) is 5.02 Å². The maximum Gasteiger partial charge on any atom is 0.273 e. The number of nitrogens with two attached hydrogens (primary N) is 1. The van der Waals surface area contributed by atoms with Crippen LogP contribution in [0.3, 0.4) is 0 Å². The molecule has 222 valence electrons. The van der Waals surface area contributed by atoms with Crippen molar-refractivity contribution in [2.45, 2.75) is 50.7 Å². The summed E-state index contributed by atoms with van der Waals surface area (Å²) in [5, 5.41) is 6.32. The molecule has 0 bridgehead atoms. The molecular weight excluding hydrogens is 589 g/mol. The molecule has 4 aromatic rings. The molecule has 3 amide bonds. The molecular formula is C32H31ClFN5O3S. The monoisotopic (exact) mass is 619 g/mol. The van der Waals surface area contributed by atoms with Crippen molar-refractivity contribution in [1.29, 1.82) is 0 Å². The third-order valence-corrected chi connectivity index (χ3v) is 8.51. The van der Waals surface area contributed by atoms with E-state index in [1.54, 1.807) is 24.3 Å². The van der Waals surface area contributed by atoms with Gasteiger partial charge in [0.2, 0.25) is 5.91 Å². The van der Waals surface area contributed by atoms with Crippen LogP contribution in [0.4, 0.5) is 15.8 Å². The molecule has 0 spiro atoms. The fraction of sp³-hybridized carbons (Fsp3) is 0.250. The summed E-state index contributed by atoms with van der Waals surface area (Å²) in [6.07, 6.45) is 4.97. The van der Waals surface area contributed by atoms with Crippen molar-refractivity contribution in [2.75, 3.05) is 10.6 Å². The second-order valence-corrected chi connectivity index (χ2v) is 11.6. The summed E-state index contributed by atoms with van der Waals surface area (Å²) in [5.74, 6) is -2.07. The van der Waals surface area contributed by atoms with Crippen LogP contribution in [0.25, 0.3) is 0 Å². The molecule has 4 N–H and O–H groups in total. The molecule has 1 fully saturated rings. The van der Waals surface area contributed by atoms with Gasteiger partial charge in [-0.25, -0.2) is 4.39 Å². The van der Waals surface area contributed by atoms with Gasteiger partial charge in [-0.1, -0.05) is 73.3 Å². The zero-order chi connectivity index (χ0) is 30.3. The van der Waals surface area contributed by atoms with Crippen LogP contribution >= 0.6 is 23.1 Å². The quantitative estimate of drug-likeness (QED) is 0.204. The predicted molar refractivity (Wildman–Crippen MR) is 167 cm³/mol. The predicted octanol–water partition coefficient (Wildman–Crippen LogP) is 6.28. The fourth-order valence-electron chi connectivity index (χ4n) is 5.16. The summed E-state index contributed by atoms with van der Waals surface area (Å²) < 4.78 is 18.2. The highest BCUT2D eigenvalue weighted by molar-refractivity contribution is 7.09. The number of hydrogen-bond donors (Lipinski definition) is 3. The average molecular weight is 620 g/mol. The maximum absolute atomic E-state index is 14.3. The third-order valence-electron chi connectivity index (χ3n) is 7.40. The van der Waals surface area contributed by atoms with Crippen LogP contribution in [0.1, 0.15) is 69.4 Å². The number of nitrogens with zero attached hydrogens (tertiary/aromatic N) is 2. The number of rotatable bonds is 9. The van der Waals surface area contributed by atoms with Crippen LogP contribution in [-0.4, -0.2) is 28.1 Å². The second-order valence-electron chi connectivity index (χ2n) is 10.4. The number of hydrogen-bond acceptors (Lipinski definition) is 6. The van der Waals surface area contributed by atoms with Gasteiger partial charge in [-0.3, -0.25) is 19.3 Å². The van der Waals surface area contributed by atoms with E-state index in [0.717, 1.165) is 49.2 Å². The molecule has 1 aliphatic carbocycles. The number of carbonyl (C=O) groups excluding carboxylic acids is 3. The van der Waals surface area contributed by atoms with E-state index in [9.17, 15) is 18.8 Å². The number of nitrogen functional groups attached to an aromatic ring is 1. The minimum Gasteiger partial charge on any atom is -0.395 e. The Balaban J connectivity index is 1.52. The van der Waals surface area contributed by atoms with Crippen LogP contribution in [-0.2, 0) is 11.3 Å². The molecule has 43 heavy (non-hydrogen) atoms. The highest BCUT2D eigenvalue weighted by atomic mass is 35.5. The minimum absolute atomic E-state index is 0.00622. The van der Waals surface area contributed by atoms with Crippen LogP contribution < -0.4 is 21.3 Å². The number of aromatic nitrogens is 1. The largest absolute Gasteiger partial charge is 0.395 e. The first-order valence-electron chi connectivity index (χ1n) is 14.0. The highest BCUT2D eigenvalue weighted by Crippen LogP contribution is 2.34. The lowest BCUT2D eigenvalue weighted by Crippen LogP contribution is -2.44. The molecule has 1 unspecified atom stereocenters. The van der Waals surface area contributed by atoms with Crippen molar-refractivity contribution < 1.29 is 18.8 Å². The Morgan fingerprint density at radius 3 is 2.33 bits per heavy atom. The molecule has 0 radical (unpaired) electrons. The van der Waals surface area contributed by atoms with E-state index in [1.165, 1.54) is 29.2 Å². The first-order chi connectivity index (χ1) is 20.8. The zero-order valence-electron chi connectivity index (χ0n) is 23.3. The Morgan fingerprint density at radius 1 is 0.977 bits per heavy atom. The Morgan fingerprint density at radius 2 is 1.65 bits per heavy atom. The fourth-order valence-corrected chi connectivity index (χ4v) is 6.02. The molecule has 1 saturated carbocycles. The van der Waals surface area contributed by atoms with E-state index in [4.69, 9.17) is 17.3 Å². The lowest BCUT2D eigenvalue weighted by Gasteiger charge is -2.31. The van der Waals surface area contributed by atoms with E-state index in [2.05, 4.69) is 15.0 Å². The first-order valence-corrected chi connectivity index (χ1v) is 15.2. The van der Waals surface area contributed by atoms with E-state index in [0.29, 0.717) is 16.3 Å². The van der Waals surface area contributed by atoms with Gasteiger partial charge in [0.05, 0.1) is 5.69 Å². The molecule has 1 atom stereocenters. The van der Waals surface area contributed by atoms with E-state index in [1.807, 2.05) is 30.3 Å². The topological polar surface area (TPSA) is 117 Å². The molecule has 1 aliphatic rings. The van der Waals surface area contributed by atoms with Crippen molar-refractivity contribution in [1.82, 2.24) is 15.0 Å². The molecule has 8 nitrogen and oxygen atoms in total. The Kier molecular flexibility index (Phi) is 9.68. The van der Waals surface area contributed by atoms with Crippen LogP contribution in [0, 0.1) is 5.82 Å². The molecule has 0 aliphatic heterocycles. The van der Waals surface area contributed by atoms with Gasteiger partial charge >= 0.3 is 0 Å². The second kappa shape index (κ2) is 13.8. The Bertz CT molecular complexity index is 1580. The van der Waals surface area contributed by atoms with Gasteiger partial charge in [-0.2, -0.15) is 4.37 Å². The lowest BCUT2D eigenvalue weighted by atomic mass is 9.95. The van der Waals surface area contributed by atoms with Crippen LogP contribution in [0.5, 0.6) is 0 Å². The van der Waals surface area contributed by atoms with Gasteiger partial charge in [0, 0.05) is 23.3 Å².